The van der Waals surface area contributed by atoms with Gasteiger partial charge in [0, 0.05) is 30.5 Å². The van der Waals surface area contributed by atoms with Gasteiger partial charge in [-0.05, 0) is 40.7 Å². The fourth-order valence-electron chi connectivity index (χ4n) is 2.91. The van der Waals surface area contributed by atoms with Crippen LogP contribution in [-0.4, -0.2) is 36.5 Å². The van der Waals surface area contributed by atoms with Crippen LogP contribution >= 0.6 is 0 Å². The van der Waals surface area contributed by atoms with Crippen molar-refractivity contribution in [2.75, 3.05) is 13.6 Å². The van der Waals surface area contributed by atoms with E-state index in [1.165, 1.54) is 19.3 Å². The van der Waals surface area contributed by atoms with E-state index in [0.717, 1.165) is 12.8 Å². The molecule has 0 aromatic rings. The fourth-order valence-corrected chi connectivity index (χ4v) is 2.91. The standard InChI is InChI=1S/C16H31N3O2/c1-15(2,3)19-13(20)8-11-18-14(21)12-16(17-4)9-6-5-7-10-16/h17H,5-12H2,1-4H3,(H,18,21)(H,19,20). The van der Waals surface area contributed by atoms with Crippen LogP contribution in [0, 0.1) is 0 Å². The zero-order valence-corrected chi connectivity index (χ0v) is 14.0. The lowest BCUT2D eigenvalue weighted by Crippen LogP contribution is -2.48. The van der Waals surface area contributed by atoms with Crippen LogP contribution in [0.5, 0.6) is 0 Å². The minimum absolute atomic E-state index is 0.0243. The van der Waals surface area contributed by atoms with Gasteiger partial charge in [-0.1, -0.05) is 19.3 Å². The Morgan fingerprint density at radius 3 is 2.19 bits per heavy atom. The van der Waals surface area contributed by atoms with E-state index in [9.17, 15) is 9.59 Å². The van der Waals surface area contributed by atoms with Crippen molar-refractivity contribution in [1.29, 1.82) is 0 Å². The average molecular weight is 297 g/mol. The van der Waals surface area contributed by atoms with Gasteiger partial charge in [-0.2, -0.15) is 0 Å². The number of nitrogens with one attached hydrogen (secondary N) is 3. The molecule has 2 amide bonds. The second-order valence-corrected chi connectivity index (χ2v) is 7.17. The molecular weight excluding hydrogens is 266 g/mol. The molecule has 0 saturated heterocycles. The monoisotopic (exact) mass is 297 g/mol. The van der Waals surface area contributed by atoms with Gasteiger partial charge in [-0.15, -0.1) is 0 Å². The largest absolute Gasteiger partial charge is 0.356 e. The van der Waals surface area contributed by atoms with Crippen molar-refractivity contribution < 1.29 is 9.59 Å². The first-order chi connectivity index (χ1) is 9.76. The Bertz CT molecular complexity index is 355. The summed E-state index contributed by atoms with van der Waals surface area (Å²) in [5.74, 6) is 0.0126. The van der Waals surface area contributed by atoms with Gasteiger partial charge in [0.05, 0.1) is 0 Å². The molecule has 0 spiro atoms. The maximum atomic E-state index is 12.1. The zero-order valence-electron chi connectivity index (χ0n) is 14.0. The quantitative estimate of drug-likeness (QED) is 0.699. The maximum absolute atomic E-state index is 12.1. The summed E-state index contributed by atoms with van der Waals surface area (Å²) in [5, 5.41) is 9.09. The van der Waals surface area contributed by atoms with Gasteiger partial charge in [0.15, 0.2) is 0 Å². The second-order valence-electron chi connectivity index (χ2n) is 7.17. The Morgan fingerprint density at radius 1 is 1.05 bits per heavy atom. The number of amides is 2. The van der Waals surface area contributed by atoms with Crippen molar-refractivity contribution in [3.05, 3.63) is 0 Å². The number of hydrogen-bond donors (Lipinski definition) is 3. The molecule has 0 heterocycles. The van der Waals surface area contributed by atoms with E-state index in [1.807, 2.05) is 27.8 Å². The van der Waals surface area contributed by atoms with E-state index >= 15 is 0 Å². The molecule has 122 valence electrons. The number of hydrogen-bond acceptors (Lipinski definition) is 3. The van der Waals surface area contributed by atoms with Crippen molar-refractivity contribution in [1.82, 2.24) is 16.0 Å². The third-order valence-corrected chi connectivity index (χ3v) is 4.03. The molecule has 5 heteroatoms. The highest BCUT2D eigenvalue weighted by Crippen LogP contribution is 2.30. The molecule has 1 saturated carbocycles. The van der Waals surface area contributed by atoms with Crippen molar-refractivity contribution in [2.24, 2.45) is 0 Å². The molecule has 0 unspecified atom stereocenters. The van der Waals surface area contributed by atoms with Crippen LogP contribution in [0.1, 0.15) is 65.7 Å². The summed E-state index contributed by atoms with van der Waals surface area (Å²) in [6.07, 6.45) is 6.57. The van der Waals surface area contributed by atoms with Crippen molar-refractivity contribution in [2.45, 2.75) is 76.8 Å². The van der Waals surface area contributed by atoms with Gasteiger partial charge in [0.2, 0.25) is 11.8 Å². The van der Waals surface area contributed by atoms with Crippen LogP contribution in [0.2, 0.25) is 0 Å². The van der Waals surface area contributed by atoms with Gasteiger partial charge >= 0.3 is 0 Å². The summed E-state index contributed by atoms with van der Waals surface area (Å²) in [6.45, 7) is 6.25. The predicted molar refractivity (Wildman–Crippen MR) is 85.0 cm³/mol. The average Bonchev–Trinajstić information content (AvgIpc) is 2.37. The summed E-state index contributed by atoms with van der Waals surface area (Å²) in [6, 6.07) is 0. The molecule has 5 nitrogen and oxygen atoms in total. The van der Waals surface area contributed by atoms with Gasteiger partial charge < -0.3 is 16.0 Å². The fraction of sp³-hybridized carbons (Fsp3) is 0.875. The molecule has 3 N–H and O–H groups in total. The van der Waals surface area contributed by atoms with Crippen LogP contribution in [0.4, 0.5) is 0 Å². The smallest absolute Gasteiger partial charge is 0.222 e. The van der Waals surface area contributed by atoms with E-state index in [2.05, 4.69) is 16.0 Å². The summed E-state index contributed by atoms with van der Waals surface area (Å²) in [7, 11) is 1.94. The highest BCUT2D eigenvalue weighted by Gasteiger charge is 2.32. The first kappa shape index (κ1) is 18.0. The van der Waals surface area contributed by atoms with E-state index in [4.69, 9.17) is 0 Å². The molecule has 1 aliphatic rings. The number of carbonyl (C=O) groups excluding carboxylic acids is 2. The molecule has 1 rings (SSSR count). The molecule has 0 atom stereocenters. The molecule has 0 aromatic carbocycles. The Labute approximate surface area is 128 Å². The van der Waals surface area contributed by atoms with Crippen molar-refractivity contribution >= 4 is 11.8 Å². The van der Waals surface area contributed by atoms with Crippen LogP contribution in [0.3, 0.4) is 0 Å². The Morgan fingerprint density at radius 2 is 1.67 bits per heavy atom. The Kier molecular flexibility index (Phi) is 6.65. The van der Waals surface area contributed by atoms with Crippen LogP contribution in [-0.2, 0) is 9.59 Å². The first-order valence-corrected chi connectivity index (χ1v) is 8.03. The Hall–Kier alpha value is -1.10. The van der Waals surface area contributed by atoms with Gasteiger partial charge in [0.25, 0.3) is 0 Å². The minimum atomic E-state index is -0.223. The summed E-state index contributed by atoms with van der Waals surface area (Å²) < 4.78 is 0. The van der Waals surface area contributed by atoms with Crippen LogP contribution < -0.4 is 16.0 Å². The topological polar surface area (TPSA) is 70.2 Å². The lowest BCUT2D eigenvalue weighted by atomic mass is 9.79. The normalized spacial score (nSPS) is 18.1. The molecule has 0 radical (unpaired) electrons. The third-order valence-electron chi connectivity index (χ3n) is 4.03. The van der Waals surface area contributed by atoms with Gasteiger partial charge in [-0.3, -0.25) is 9.59 Å². The molecule has 0 aliphatic heterocycles. The molecule has 1 aliphatic carbocycles. The predicted octanol–water partition coefficient (Wildman–Crippen LogP) is 1.72. The van der Waals surface area contributed by atoms with Crippen LogP contribution in [0.15, 0.2) is 0 Å². The van der Waals surface area contributed by atoms with Crippen molar-refractivity contribution in [3.63, 3.8) is 0 Å². The Balaban J connectivity index is 2.29. The lowest BCUT2D eigenvalue weighted by molar-refractivity contribution is -0.123. The molecular formula is C16H31N3O2. The molecule has 1 fully saturated rings. The highest BCUT2D eigenvalue weighted by molar-refractivity contribution is 5.80. The maximum Gasteiger partial charge on any atom is 0.222 e. The number of carbonyl (C=O) groups is 2. The molecule has 21 heavy (non-hydrogen) atoms. The van der Waals surface area contributed by atoms with E-state index < -0.39 is 0 Å². The van der Waals surface area contributed by atoms with Gasteiger partial charge in [-0.25, -0.2) is 0 Å². The third kappa shape index (κ3) is 6.93. The first-order valence-electron chi connectivity index (χ1n) is 8.03. The van der Waals surface area contributed by atoms with Gasteiger partial charge in [0.1, 0.15) is 0 Å². The van der Waals surface area contributed by atoms with Crippen LogP contribution in [0.25, 0.3) is 0 Å². The number of rotatable bonds is 6. The SMILES string of the molecule is CNC1(CC(=O)NCCC(=O)NC(C)(C)C)CCCCC1. The van der Waals surface area contributed by atoms with E-state index in [0.29, 0.717) is 19.4 Å². The highest BCUT2D eigenvalue weighted by atomic mass is 16.2. The zero-order chi connectivity index (χ0) is 15.9. The molecule has 0 bridgehead atoms. The summed E-state index contributed by atoms with van der Waals surface area (Å²) in [5.41, 5.74) is -0.268. The van der Waals surface area contributed by atoms with E-state index in [1.54, 1.807) is 0 Å². The minimum Gasteiger partial charge on any atom is -0.356 e. The second kappa shape index (κ2) is 7.78. The lowest BCUT2D eigenvalue weighted by Gasteiger charge is -2.36. The molecule has 0 aromatic heterocycles. The summed E-state index contributed by atoms with van der Waals surface area (Å²) in [4.78, 5) is 23.7. The summed E-state index contributed by atoms with van der Waals surface area (Å²) >= 11 is 0. The van der Waals surface area contributed by atoms with E-state index in [-0.39, 0.29) is 22.9 Å². The van der Waals surface area contributed by atoms with Crippen molar-refractivity contribution in [3.8, 4) is 0 Å².